The van der Waals surface area contributed by atoms with Gasteiger partial charge < -0.3 is 9.80 Å². The molecule has 0 saturated carbocycles. The van der Waals surface area contributed by atoms with E-state index in [-0.39, 0.29) is 0 Å². The second-order valence-corrected chi connectivity index (χ2v) is 8.90. The lowest BCUT2D eigenvalue weighted by Crippen LogP contribution is -2.49. The highest BCUT2D eigenvalue weighted by molar-refractivity contribution is 6.30. The van der Waals surface area contributed by atoms with Crippen LogP contribution in [-0.4, -0.2) is 60.0 Å². The van der Waals surface area contributed by atoms with E-state index in [1.54, 1.807) is 0 Å². The fourth-order valence-corrected chi connectivity index (χ4v) is 4.85. The highest BCUT2D eigenvalue weighted by Crippen LogP contribution is 2.24. The monoisotopic (exact) mass is 426 g/mol. The lowest BCUT2D eigenvalue weighted by Gasteiger charge is -2.36. The Labute approximate surface area is 184 Å². The lowest BCUT2D eigenvalue weighted by molar-refractivity contribution is -0.131. The number of carbonyl (C=O) groups excluding carboxylic acids is 1. The zero-order valence-corrected chi connectivity index (χ0v) is 18.3. The van der Waals surface area contributed by atoms with Gasteiger partial charge in [-0.3, -0.25) is 9.69 Å². The second kappa shape index (κ2) is 10.3. The molecule has 0 radical (unpaired) electrons. The molecular formula is C24H31ClN4O. The molecule has 0 N–H and O–H groups in total. The maximum atomic E-state index is 12.8. The van der Waals surface area contributed by atoms with Crippen molar-refractivity contribution in [3.8, 4) is 0 Å². The molecule has 2 aromatic rings. The predicted molar refractivity (Wildman–Crippen MR) is 122 cm³/mol. The number of amides is 1. The van der Waals surface area contributed by atoms with E-state index in [4.69, 9.17) is 11.6 Å². The van der Waals surface area contributed by atoms with Crippen LogP contribution < -0.4 is 4.90 Å². The Hall–Kier alpha value is -2.11. The summed E-state index contributed by atoms with van der Waals surface area (Å²) in [5, 5.41) is 0.801. The molecule has 2 saturated heterocycles. The number of piperidine rings is 1. The summed E-state index contributed by atoms with van der Waals surface area (Å²) in [7, 11) is 0. The Bertz CT molecular complexity index is 823. The first kappa shape index (κ1) is 21.1. The minimum absolute atomic E-state index is 0.308. The molecule has 1 aromatic carbocycles. The molecule has 30 heavy (non-hydrogen) atoms. The number of carbonyl (C=O) groups is 1. The van der Waals surface area contributed by atoms with E-state index < -0.39 is 0 Å². The van der Waals surface area contributed by atoms with E-state index in [0.29, 0.717) is 18.2 Å². The van der Waals surface area contributed by atoms with Crippen LogP contribution in [0.25, 0.3) is 0 Å². The highest BCUT2D eigenvalue weighted by Gasteiger charge is 2.24. The van der Waals surface area contributed by atoms with E-state index >= 15 is 0 Å². The van der Waals surface area contributed by atoms with Crippen molar-refractivity contribution in [3.63, 3.8) is 0 Å². The van der Waals surface area contributed by atoms with Crippen molar-refractivity contribution in [1.82, 2.24) is 14.8 Å². The number of hydrogen-bond donors (Lipinski definition) is 0. The van der Waals surface area contributed by atoms with E-state index in [1.807, 2.05) is 41.4 Å². The standard InChI is InChI=1S/C24H31ClN4O/c25-22-7-3-5-21(17-22)19-27-12-4-6-20(18-27)9-10-24(30)29-15-13-28(14-16-29)23-8-1-2-11-26-23/h1-3,5,7-8,11,17,20H,4,6,9-10,12-16,18-19H2. The fraction of sp³-hybridized carbons (Fsp3) is 0.500. The van der Waals surface area contributed by atoms with Crippen molar-refractivity contribution in [2.24, 2.45) is 5.92 Å². The Morgan fingerprint density at radius 1 is 1.07 bits per heavy atom. The third kappa shape index (κ3) is 5.73. The summed E-state index contributed by atoms with van der Waals surface area (Å²) in [4.78, 5) is 24.0. The Morgan fingerprint density at radius 2 is 1.93 bits per heavy atom. The van der Waals surface area contributed by atoms with Gasteiger partial charge in [0.05, 0.1) is 0 Å². The van der Waals surface area contributed by atoms with E-state index in [2.05, 4.69) is 26.9 Å². The molecular weight excluding hydrogens is 396 g/mol. The van der Waals surface area contributed by atoms with Crippen LogP contribution in [-0.2, 0) is 11.3 Å². The number of benzene rings is 1. The van der Waals surface area contributed by atoms with E-state index in [1.165, 1.54) is 18.4 Å². The molecule has 160 valence electrons. The third-order valence-electron chi connectivity index (χ3n) is 6.27. The molecule has 4 rings (SSSR count). The SMILES string of the molecule is O=C(CCC1CCCN(Cc2cccc(Cl)c2)C1)N1CCN(c2ccccn2)CC1. The normalized spacial score (nSPS) is 20.4. The van der Waals surface area contributed by atoms with Crippen LogP contribution in [0.2, 0.25) is 5.02 Å². The van der Waals surface area contributed by atoms with Crippen LogP contribution in [0.5, 0.6) is 0 Å². The van der Waals surface area contributed by atoms with Crippen molar-refractivity contribution >= 4 is 23.3 Å². The van der Waals surface area contributed by atoms with Gasteiger partial charge in [-0.05, 0) is 61.6 Å². The average molecular weight is 427 g/mol. The molecule has 3 heterocycles. The maximum absolute atomic E-state index is 12.8. The summed E-state index contributed by atoms with van der Waals surface area (Å²) < 4.78 is 0. The van der Waals surface area contributed by atoms with Gasteiger partial charge in [0.2, 0.25) is 5.91 Å². The molecule has 0 bridgehead atoms. The van der Waals surface area contributed by atoms with Gasteiger partial charge in [-0.25, -0.2) is 4.98 Å². The number of anilines is 1. The van der Waals surface area contributed by atoms with Crippen molar-refractivity contribution < 1.29 is 4.79 Å². The van der Waals surface area contributed by atoms with Gasteiger partial charge in [-0.1, -0.05) is 29.8 Å². The third-order valence-corrected chi connectivity index (χ3v) is 6.51. The van der Waals surface area contributed by atoms with Gasteiger partial charge >= 0.3 is 0 Å². The maximum Gasteiger partial charge on any atom is 0.222 e. The number of rotatable bonds is 6. The summed E-state index contributed by atoms with van der Waals surface area (Å²) in [6, 6.07) is 14.1. The van der Waals surface area contributed by atoms with Gasteiger partial charge in [0.1, 0.15) is 5.82 Å². The minimum Gasteiger partial charge on any atom is -0.353 e. The zero-order valence-electron chi connectivity index (χ0n) is 17.5. The number of hydrogen-bond acceptors (Lipinski definition) is 4. The number of likely N-dealkylation sites (tertiary alicyclic amines) is 1. The second-order valence-electron chi connectivity index (χ2n) is 8.47. The molecule has 1 unspecified atom stereocenters. The quantitative estimate of drug-likeness (QED) is 0.697. The molecule has 6 heteroatoms. The molecule has 0 aliphatic carbocycles. The molecule has 0 spiro atoms. The summed E-state index contributed by atoms with van der Waals surface area (Å²) in [6.45, 7) is 6.46. The Balaban J connectivity index is 1.20. The van der Waals surface area contributed by atoms with Crippen molar-refractivity contribution in [1.29, 1.82) is 0 Å². The first-order chi connectivity index (χ1) is 14.7. The first-order valence-corrected chi connectivity index (χ1v) is 11.5. The number of pyridine rings is 1. The van der Waals surface area contributed by atoms with Gasteiger partial charge in [0, 0.05) is 56.9 Å². The molecule has 2 aliphatic heterocycles. The highest BCUT2D eigenvalue weighted by atomic mass is 35.5. The van der Waals surface area contributed by atoms with Crippen molar-refractivity contribution in [2.45, 2.75) is 32.2 Å². The van der Waals surface area contributed by atoms with Crippen molar-refractivity contribution in [2.75, 3.05) is 44.2 Å². The topological polar surface area (TPSA) is 39.7 Å². The van der Waals surface area contributed by atoms with E-state index in [9.17, 15) is 4.79 Å². The van der Waals surface area contributed by atoms with Crippen LogP contribution in [0.4, 0.5) is 5.82 Å². The van der Waals surface area contributed by atoms with Gasteiger partial charge in [-0.15, -0.1) is 0 Å². The fourth-order valence-electron chi connectivity index (χ4n) is 4.64. The summed E-state index contributed by atoms with van der Waals surface area (Å²) in [6.07, 6.45) is 5.92. The summed E-state index contributed by atoms with van der Waals surface area (Å²) >= 11 is 6.13. The molecule has 2 aliphatic rings. The van der Waals surface area contributed by atoms with Crippen molar-refractivity contribution in [3.05, 3.63) is 59.2 Å². The first-order valence-electron chi connectivity index (χ1n) is 11.1. The van der Waals surface area contributed by atoms with Crippen LogP contribution in [0.1, 0.15) is 31.2 Å². The van der Waals surface area contributed by atoms with Crippen LogP contribution in [0, 0.1) is 5.92 Å². The van der Waals surface area contributed by atoms with Gasteiger partial charge in [0.15, 0.2) is 0 Å². The molecule has 2 fully saturated rings. The minimum atomic E-state index is 0.308. The van der Waals surface area contributed by atoms with Gasteiger partial charge in [0.25, 0.3) is 0 Å². The predicted octanol–water partition coefficient (Wildman–Crippen LogP) is 4.08. The number of aromatic nitrogens is 1. The van der Waals surface area contributed by atoms with Gasteiger partial charge in [-0.2, -0.15) is 0 Å². The average Bonchev–Trinajstić information content (AvgIpc) is 2.78. The Kier molecular flexibility index (Phi) is 7.24. The van der Waals surface area contributed by atoms with E-state index in [0.717, 1.165) is 63.1 Å². The largest absolute Gasteiger partial charge is 0.353 e. The molecule has 1 amide bonds. The molecule has 5 nitrogen and oxygen atoms in total. The summed E-state index contributed by atoms with van der Waals surface area (Å²) in [5.74, 6) is 1.92. The van der Waals surface area contributed by atoms with Crippen LogP contribution in [0.15, 0.2) is 48.7 Å². The zero-order chi connectivity index (χ0) is 20.8. The molecule has 1 atom stereocenters. The number of nitrogens with zero attached hydrogens (tertiary/aromatic N) is 4. The van der Waals surface area contributed by atoms with Crippen LogP contribution >= 0.6 is 11.6 Å². The summed E-state index contributed by atoms with van der Waals surface area (Å²) in [5.41, 5.74) is 1.27. The lowest BCUT2D eigenvalue weighted by atomic mass is 9.92. The molecule has 1 aromatic heterocycles. The Morgan fingerprint density at radius 3 is 2.70 bits per heavy atom. The number of piperazine rings is 1. The van der Waals surface area contributed by atoms with Crippen LogP contribution in [0.3, 0.4) is 0 Å². The smallest absolute Gasteiger partial charge is 0.222 e. The number of halogens is 1.